The molecule has 0 bridgehead atoms. The van der Waals surface area contributed by atoms with Crippen molar-refractivity contribution in [3.05, 3.63) is 16.1 Å². The highest BCUT2D eigenvalue weighted by Crippen LogP contribution is 2.15. The second kappa shape index (κ2) is 7.20. The van der Waals surface area contributed by atoms with Gasteiger partial charge < -0.3 is 20.5 Å². The van der Waals surface area contributed by atoms with Crippen molar-refractivity contribution in [3.8, 4) is 0 Å². The van der Waals surface area contributed by atoms with Crippen LogP contribution < -0.4 is 10.6 Å². The van der Waals surface area contributed by atoms with Crippen LogP contribution in [0.15, 0.2) is 5.38 Å². The van der Waals surface area contributed by atoms with Gasteiger partial charge in [-0.3, -0.25) is 0 Å². The monoisotopic (exact) mass is 299 g/mol. The highest BCUT2D eigenvalue weighted by atomic mass is 32.1. The number of carbonyl (C=O) groups is 2. The predicted octanol–water partition coefficient (Wildman–Crippen LogP) is 1.07. The SMILES string of the molecule is O=C(NCCC1CCOC1)NCc1nc(C(=O)O)cs1. The number of hydrogen-bond acceptors (Lipinski definition) is 5. The highest BCUT2D eigenvalue weighted by Gasteiger charge is 2.15. The summed E-state index contributed by atoms with van der Waals surface area (Å²) in [4.78, 5) is 26.1. The number of hydrogen-bond donors (Lipinski definition) is 3. The van der Waals surface area contributed by atoms with Crippen molar-refractivity contribution in [1.82, 2.24) is 15.6 Å². The van der Waals surface area contributed by atoms with Gasteiger partial charge in [0.1, 0.15) is 5.01 Å². The zero-order valence-electron chi connectivity index (χ0n) is 10.9. The lowest BCUT2D eigenvalue weighted by molar-refractivity contribution is 0.0691. The number of nitrogens with one attached hydrogen (secondary N) is 2. The van der Waals surface area contributed by atoms with Crippen LogP contribution >= 0.6 is 11.3 Å². The predicted molar refractivity (Wildman–Crippen MR) is 72.9 cm³/mol. The van der Waals surface area contributed by atoms with Crippen LogP contribution in [0.5, 0.6) is 0 Å². The van der Waals surface area contributed by atoms with Crippen LogP contribution in [0.1, 0.15) is 28.3 Å². The Morgan fingerprint density at radius 1 is 1.50 bits per heavy atom. The first-order valence-electron chi connectivity index (χ1n) is 6.42. The third kappa shape index (κ3) is 4.46. The lowest BCUT2D eigenvalue weighted by atomic mass is 10.1. The van der Waals surface area contributed by atoms with E-state index in [4.69, 9.17) is 9.84 Å². The smallest absolute Gasteiger partial charge is 0.355 e. The van der Waals surface area contributed by atoms with Crippen molar-refractivity contribution in [2.75, 3.05) is 19.8 Å². The number of urea groups is 1. The van der Waals surface area contributed by atoms with E-state index < -0.39 is 5.97 Å². The van der Waals surface area contributed by atoms with Crippen molar-refractivity contribution < 1.29 is 19.4 Å². The molecule has 2 heterocycles. The van der Waals surface area contributed by atoms with Crippen molar-refractivity contribution in [3.63, 3.8) is 0 Å². The number of aromatic carboxylic acids is 1. The average Bonchev–Trinajstić information content (AvgIpc) is 3.07. The first-order valence-corrected chi connectivity index (χ1v) is 7.30. The molecule has 2 rings (SSSR count). The van der Waals surface area contributed by atoms with Crippen molar-refractivity contribution in [2.24, 2.45) is 5.92 Å². The van der Waals surface area contributed by atoms with Crippen LogP contribution in [0, 0.1) is 5.92 Å². The summed E-state index contributed by atoms with van der Waals surface area (Å²) in [5.41, 5.74) is 0.00782. The van der Waals surface area contributed by atoms with Gasteiger partial charge in [-0.1, -0.05) is 0 Å². The largest absolute Gasteiger partial charge is 0.476 e. The molecule has 0 radical (unpaired) electrons. The molecule has 1 aliphatic rings. The van der Waals surface area contributed by atoms with Gasteiger partial charge in [-0.25, -0.2) is 14.6 Å². The fourth-order valence-electron chi connectivity index (χ4n) is 1.91. The molecule has 7 nitrogen and oxygen atoms in total. The number of thiazole rings is 1. The standard InChI is InChI=1S/C12H17N3O4S/c16-11(17)9-7-20-10(15-9)5-14-12(18)13-3-1-8-2-4-19-6-8/h7-8H,1-6H2,(H,16,17)(H2,13,14,18). The summed E-state index contributed by atoms with van der Waals surface area (Å²) < 4.78 is 5.26. The van der Waals surface area contributed by atoms with Crippen molar-refractivity contribution in [1.29, 1.82) is 0 Å². The molecule has 3 N–H and O–H groups in total. The summed E-state index contributed by atoms with van der Waals surface area (Å²) in [5, 5.41) is 16.2. The molecule has 1 saturated heterocycles. The van der Waals surface area contributed by atoms with E-state index >= 15 is 0 Å². The van der Waals surface area contributed by atoms with E-state index in [1.807, 2.05) is 0 Å². The van der Waals surface area contributed by atoms with E-state index in [1.165, 1.54) is 16.7 Å². The molecule has 0 aromatic carbocycles. The van der Waals surface area contributed by atoms with E-state index in [0.29, 0.717) is 17.5 Å². The van der Waals surface area contributed by atoms with Crippen LogP contribution in [-0.4, -0.2) is 41.8 Å². The minimum absolute atomic E-state index is 0.00782. The van der Waals surface area contributed by atoms with E-state index in [9.17, 15) is 9.59 Å². The summed E-state index contributed by atoms with van der Waals surface area (Å²) in [7, 11) is 0. The molecular weight excluding hydrogens is 282 g/mol. The lowest BCUT2D eigenvalue weighted by Gasteiger charge is -2.09. The molecule has 8 heteroatoms. The molecule has 1 aliphatic heterocycles. The van der Waals surface area contributed by atoms with Gasteiger partial charge in [0.05, 0.1) is 6.54 Å². The summed E-state index contributed by atoms with van der Waals surface area (Å²) >= 11 is 1.21. The fourth-order valence-corrected chi connectivity index (χ4v) is 2.62. The maximum atomic E-state index is 11.5. The second-order valence-electron chi connectivity index (χ2n) is 4.56. The van der Waals surface area contributed by atoms with Crippen LogP contribution in [0.3, 0.4) is 0 Å². The van der Waals surface area contributed by atoms with Crippen LogP contribution in [-0.2, 0) is 11.3 Å². The first-order chi connectivity index (χ1) is 9.65. The van der Waals surface area contributed by atoms with Gasteiger partial charge in [-0.05, 0) is 18.8 Å². The number of carboxylic acid groups (broad SMARTS) is 1. The van der Waals surface area contributed by atoms with E-state index in [2.05, 4.69) is 15.6 Å². The summed E-state index contributed by atoms with van der Waals surface area (Å²) in [6.07, 6.45) is 1.97. The zero-order valence-corrected chi connectivity index (χ0v) is 11.7. The Labute approximate surface area is 120 Å². The van der Waals surface area contributed by atoms with Crippen molar-refractivity contribution in [2.45, 2.75) is 19.4 Å². The molecule has 2 amide bonds. The Kier molecular flexibility index (Phi) is 5.31. The molecule has 0 saturated carbocycles. The van der Waals surface area contributed by atoms with Gasteiger partial charge >= 0.3 is 12.0 Å². The van der Waals surface area contributed by atoms with E-state index in [-0.39, 0.29) is 18.3 Å². The van der Waals surface area contributed by atoms with Gasteiger partial charge in [0.2, 0.25) is 0 Å². The maximum Gasteiger partial charge on any atom is 0.355 e. The molecule has 1 fully saturated rings. The number of nitrogens with zero attached hydrogens (tertiary/aromatic N) is 1. The molecule has 1 aromatic heterocycles. The maximum absolute atomic E-state index is 11.5. The minimum atomic E-state index is -1.06. The number of ether oxygens (including phenoxy) is 1. The average molecular weight is 299 g/mol. The minimum Gasteiger partial charge on any atom is -0.476 e. The van der Waals surface area contributed by atoms with Gasteiger partial charge in [-0.2, -0.15) is 0 Å². The Morgan fingerprint density at radius 2 is 2.35 bits per heavy atom. The van der Waals surface area contributed by atoms with E-state index in [1.54, 1.807) is 0 Å². The fraction of sp³-hybridized carbons (Fsp3) is 0.583. The Morgan fingerprint density at radius 3 is 3.00 bits per heavy atom. The topological polar surface area (TPSA) is 101 Å². The second-order valence-corrected chi connectivity index (χ2v) is 5.50. The summed E-state index contributed by atoms with van der Waals surface area (Å²) in [6, 6.07) is -0.268. The van der Waals surface area contributed by atoms with E-state index in [0.717, 1.165) is 26.1 Å². The van der Waals surface area contributed by atoms with Crippen LogP contribution in [0.2, 0.25) is 0 Å². The molecule has 0 spiro atoms. The highest BCUT2D eigenvalue weighted by molar-refractivity contribution is 7.09. The number of aromatic nitrogens is 1. The number of amides is 2. The molecule has 1 aromatic rings. The van der Waals surface area contributed by atoms with Gasteiger partial charge in [0, 0.05) is 25.1 Å². The van der Waals surface area contributed by atoms with Crippen LogP contribution in [0.25, 0.3) is 0 Å². The lowest BCUT2D eigenvalue weighted by Crippen LogP contribution is -2.36. The van der Waals surface area contributed by atoms with Gasteiger partial charge in [0.15, 0.2) is 5.69 Å². The Hall–Kier alpha value is -1.67. The normalized spacial score (nSPS) is 17.9. The third-order valence-corrected chi connectivity index (χ3v) is 3.88. The molecule has 1 unspecified atom stereocenters. The quantitative estimate of drug-likeness (QED) is 0.729. The van der Waals surface area contributed by atoms with Crippen LogP contribution in [0.4, 0.5) is 4.79 Å². The summed E-state index contributed by atoms with van der Waals surface area (Å²) in [5.74, 6) is -0.525. The number of carboxylic acids is 1. The molecular formula is C12H17N3O4S. The van der Waals surface area contributed by atoms with Gasteiger partial charge in [-0.15, -0.1) is 11.3 Å². The molecule has 20 heavy (non-hydrogen) atoms. The first kappa shape index (κ1) is 14.7. The molecule has 110 valence electrons. The summed E-state index contributed by atoms with van der Waals surface area (Å²) in [6.45, 7) is 2.43. The van der Waals surface area contributed by atoms with Gasteiger partial charge in [0.25, 0.3) is 0 Å². The third-order valence-electron chi connectivity index (χ3n) is 3.03. The Bertz CT molecular complexity index is 471. The number of rotatable bonds is 6. The molecule has 1 atom stereocenters. The number of carbonyl (C=O) groups excluding carboxylic acids is 1. The molecule has 0 aliphatic carbocycles. The Balaban J connectivity index is 1.62. The van der Waals surface area contributed by atoms with Crippen molar-refractivity contribution >= 4 is 23.3 Å². The zero-order chi connectivity index (χ0) is 14.4.